The summed E-state index contributed by atoms with van der Waals surface area (Å²) in [5.74, 6) is 4.69. The van der Waals surface area contributed by atoms with Gasteiger partial charge < -0.3 is 5.32 Å². The van der Waals surface area contributed by atoms with Gasteiger partial charge in [-0.25, -0.2) is 0 Å². The van der Waals surface area contributed by atoms with Crippen molar-refractivity contribution in [3.05, 3.63) is 29.4 Å². The van der Waals surface area contributed by atoms with Crippen LogP contribution in [0.15, 0.2) is 24.0 Å². The minimum Gasteiger partial charge on any atom is 0 e. The van der Waals surface area contributed by atoms with Crippen molar-refractivity contribution in [3.63, 3.8) is 0 Å². The van der Waals surface area contributed by atoms with Crippen molar-refractivity contribution in [1.29, 1.82) is 5.46 Å². The van der Waals surface area contributed by atoms with E-state index in [-0.39, 0.29) is 35.9 Å². The van der Waals surface area contributed by atoms with E-state index in [1.807, 2.05) is 12.4 Å². The summed E-state index contributed by atoms with van der Waals surface area (Å²) in [6.45, 7) is 28.0. The molecule has 0 rings (SSSR count). The number of hydrogen-bond donors (Lipinski definition) is 0. The maximum absolute atomic E-state index is 10.7. The van der Waals surface area contributed by atoms with E-state index in [4.69, 9.17) is 10.2 Å². The fourth-order valence-corrected chi connectivity index (χ4v) is 9.40. The number of rotatable bonds is 4. The molecular formula is C20H40F6IrN2OP3-. The topological polar surface area (TPSA) is 57.8 Å². The monoisotopic (exact) mass is 724 g/mol. The summed E-state index contributed by atoms with van der Waals surface area (Å²) in [6, 6.07) is 0. The van der Waals surface area contributed by atoms with E-state index in [2.05, 4.69) is 100 Å². The van der Waals surface area contributed by atoms with Gasteiger partial charge in [0.25, 0.3) is 0 Å². The van der Waals surface area contributed by atoms with E-state index in [1.54, 1.807) is 0 Å². The molecule has 0 aromatic rings. The maximum Gasteiger partial charge on any atom is 0 e. The Bertz CT molecular complexity index is 575. The van der Waals surface area contributed by atoms with Crippen molar-refractivity contribution >= 4 is 23.7 Å². The first-order valence-corrected chi connectivity index (χ1v) is 14.6. The molecule has 0 aromatic carbocycles. The number of nitrogens with zero attached hydrogens (tertiary/aromatic N) is 2. The van der Waals surface area contributed by atoms with Crippen LogP contribution in [0.1, 0.15) is 83.1 Å². The minimum absolute atomic E-state index is 0. The molecule has 0 N–H and O–H groups in total. The second-order valence-electron chi connectivity index (χ2n) is 11.1. The molecule has 203 valence electrons. The van der Waals surface area contributed by atoms with E-state index < -0.39 is 7.81 Å². The molecule has 0 bridgehead atoms. The van der Waals surface area contributed by atoms with E-state index in [9.17, 15) is 25.2 Å². The van der Waals surface area contributed by atoms with Crippen molar-refractivity contribution in [2.24, 2.45) is 0 Å². The summed E-state index contributed by atoms with van der Waals surface area (Å²) < 4.78 is 66.4. The zero-order chi connectivity index (χ0) is 27.1. The van der Waals surface area contributed by atoms with E-state index in [0.29, 0.717) is 20.6 Å². The molecule has 0 heterocycles. The van der Waals surface area contributed by atoms with E-state index in [0.717, 1.165) is 0 Å². The number of hydrogen-bond acceptors (Lipinski definition) is 1. The molecule has 0 saturated carbocycles. The van der Waals surface area contributed by atoms with E-state index >= 15 is 0 Å². The van der Waals surface area contributed by atoms with Gasteiger partial charge in [0.15, 0.2) is 0 Å². The van der Waals surface area contributed by atoms with Gasteiger partial charge in [0, 0.05) is 20.1 Å². The minimum atomic E-state index is -10.7. The van der Waals surface area contributed by atoms with Crippen LogP contribution >= 0.6 is 23.7 Å². The summed E-state index contributed by atoms with van der Waals surface area (Å²) in [5.41, 5.74) is 5.75. The third kappa shape index (κ3) is 28.6. The third-order valence-electron chi connectivity index (χ3n) is 3.49. The Hall–Kier alpha value is 0.469. The second-order valence-corrected chi connectivity index (χ2v) is 20.5. The first kappa shape index (κ1) is 40.6. The van der Waals surface area contributed by atoms with Crippen LogP contribution < -0.4 is 0 Å². The molecule has 33 heavy (non-hydrogen) atoms. The van der Waals surface area contributed by atoms with Gasteiger partial charge in [-0.15, -0.1) is 0 Å². The zero-order valence-corrected chi connectivity index (χ0v) is 26.6. The second kappa shape index (κ2) is 12.6. The molecule has 0 saturated heterocycles. The molecule has 0 aliphatic carbocycles. The van der Waals surface area contributed by atoms with Gasteiger partial charge in [0.2, 0.25) is 0 Å². The Labute approximate surface area is 212 Å². The predicted molar refractivity (Wildman–Crippen MR) is 130 cm³/mol. The average molecular weight is 724 g/mol. The van der Waals surface area contributed by atoms with Gasteiger partial charge in [-0.2, -0.15) is 12.4 Å². The molecule has 13 heteroatoms. The third-order valence-corrected chi connectivity index (χ3v) is 10.1. The van der Waals surface area contributed by atoms with Gasteiger partial charge in [-0.3, -0.25) is 0 Å². The van der Waals surface area contributed by atoms with Crippen LogP contribution in [-0.4, -0.2) is 20.6 Å². The van der Waals surface area contributed by atoms with Gasteiger partial charge in [-0.05, 0) is 20.6 Å². The van der Waals surface area contributed by atoms with Gasteiger partial charge in [0.1, 0.15) is 0 Å². The van der Waals surface area contributed by atoms with Crippen LogP contribution in [0, 0.1) is 5.46 Å². The Morgan fingerprint density at radius 1 is 0.576 bits per heavy atom. The van der Waals surface area contributed by atoms with Crippen molar-refractivity contribution in [3.8, 4) is 0 Å². The van der Waals surface area contributed by atoms with Crippen LogP contribution in [-0.2, 0) is 24.9 Å². The van der Waals surface area contributed by atoms with Crippen molar-refractivity contribution in [2.75, 3.05) is 0 Å². The summed E-state index contributed by atoms with van der Waals surface area (Å²) >= 11 is 0. The molecule has 0 amide bonds. The average Bonchev–Trinajstić information content (AvgIpc) is 2.39. The SMILES string of the molecule is CC(C)(C)P(/C=C\[N-]/C=C\P(C(C)(C)C)C(C)(C)C)C(C)(C)C.F[P-](F)(F)(F)(F)F.N#[O+].[Ir]. The summed E-state index contributed by atoms with van der Waals surface area (Å²) in [6.07, 6.45) is 4.05. The fourth-order valence-electron chi connectivity index (χ4n) is 3.17. The molecule has 0 aliphatic heterocycles. The molecule has 0 atom stereocenters. The quantitative estimate of drug-likeness (QED) is 0.162. The van der Waals surface area contributed by atoms with Crippen LogP contribution in [0.3, 0.4) is 0 Å². The Balaban J connectivity index is -0.000000357. The Morgan fingerprint density at radius 2 is 0.727 bits per heavy atom. The first-order chi connectivity index (χ1) is 13.4. The fraction of sp³-hybridized carbons (Fsp3) is 0.800. The normalized spacial score (nSPS) is 15.7. The molecule has 0 aliphatic rings. The molecule has 1 radical (unpaired) electrons. The smallest absolute Gasteiger partial charge is 0 e. The van der Waals surface area contributed by atoms with Crippen LogP contribution in [0.2, 0.25) is 0 Å². The maximum atomic E-state index is 9.87. The summed E-state index contributed by atoms with van der Waals surface area (Å²) in [7, 11) is -11.1. The largest absolute Gasteiger partial charge is 0 e. The molecule has 0 spiro atoms. The van der Waals surface area contributed by atoms with Crippen LogP contribution in [0.5, 0.6) is 0 Å². The summed E-state index contributed by atoms with van der Waals surface area (Å²) in [5, 5.41) is 5.83. The van der Waals surface area contributed by atoms with Crippen molar-refractivity contribution in [1.82, 2.24) is 0 Å². The first-order valence-electron chi connectivity index (χ1n) is 9.79. The van der Waals surface area contributed by atoms with Crippen LogP contribution in [0.25, 0.3) is 5.32 Å². The Morgan fingerprint density at radius 3 is 0.848 bits per heavy atom. The van der Waals surface area contributed by atoms with Gasteiger partial charge in [-0.1, -0.05) is 111 Å². The molecule has 0 fully saturated rings. The number of halogens is 6. The van der Waals surface area contributed by atoms with Crippen molar-refractivity contribution < 1.29 is 50.1 Å². The predicted octanol–water partition coefficient (Wildman–Crippen LogP) is 11.7. The van der Waals surface area contributed by atoms with Gasteiger partial charge in [0.05, 0.1) is 0 Å². The molecule has 0 aromatic heterocycles. The van der Waals surface area contributed by atoms with E-state index in [1.165, 1.54) is 0 Å². The standard InChI is InChI=1S/C20H40NP2.F6P.Ir.NO/c1-17(2,3)22(18(4,5)6)15-13-21-14-16-23(19(7,8)9)20(10,11)12;1-7(2,3,4,5)6;;1-2/h13-16H,1-12H3;;;/q2*-1;;+1/b15-13-,16-14-;;;. The summed E-state index contributed by atoms with van der Waals surface area (Å²) in [4.78, 5) is 0. The van der Waals surface area contributed by atoms with Crippen LogP contribution in [0.4, 0.5) is 25.2 Å². The molecular weight excluding hydrogens is 683 g/mol. The Kier molecular flexibility index (Phi) is 15.5. The van der Waals surface area contributed by atoms with Crippen molar-refractivity contribution in [2.45, 2.75) is 104 Å². The molecule has 3 nitrogen and oxygen atoms in total. The molecule has 0 unspecified atom stereocenters. The van der Waals surface area contributed by atoms with Gasteiger partial charge >= 0.3 is 43.2 Å². The zero-order valence-electron chi connectivity index (χ0n) is 21.6.